The number of piperidine rings is 1. The van der Waals surface area contributed by atoms with Crippen molar-refractivity contribution < 1.29 is 0 Å². The van der Waals surface area contributed by atoms with Gasteiger partial charge >= 0.3 is 0 Å². The van der Waals surface area contributed by atoms with Gasteiger partial charge in [-0.25, -0.2) is 0 Å². The SMILES string of the molecule is CNCCC1CCCCN1c1cc(C)ccc1C. The van der Waals surface area contributed by atoms with Crippen LogP contribution in [0.4, 0.5) is 5.69 Å². The number of nitrogens with one attached hydrogen (secondary N) is 1. The van der Waals surface area contributed by atoms with Gasteiger partial charge in [0.1, 0.15) is 0 Å². The molecule has 1 N–H and O–H groups in total. The van der Waals surface area contributed by atoms with Crippen LogP contribution in [-0.4, -0.2) is 26.2 Å². The average molecular weight is 246 g/mol. The lowest BCUT2D eigenvalue weighted by atomic mass is 9.97. The van der Waals surface area contributed by atoms with Gasteiger partial charge in [-0.15, -0.1) is 0 Å². The van der Waals surface area contributed by atoms with Gasteiger partial charge in [0.25, 0.3) is 0 Å². The highest BCUT2D eigenvalue weighted by Crippen LogP contribution is 2.29. The molecule has 1 aromatic carbocycles. The fourth-order valence-electron chi connectivity index (χ4n) is 2.96. The van der Waals surface area contributed by atoms with E-state index in [0.717, 1.165) is 6.54 Å². The molecule has 1 aromatic rings. The van der Waals surface area contributed by atoms with E-state index in [1.165, 1.54) is 49.0 Å². The highest BCUT2D eigenvalue weighted by molar-refractivity contribution is 5.56. The van der Waals surface area contributed by atoms with Crippen molar-refractivity contribution in [3.63, 3.8) is 0 Å². The van der Waals surface area contributed by atoms with Crippen LogP contribution in [0, 0.1) is 13.8 Å². The van der Waals surface area contributed by atoms with Crippen LogP contribution < -0.4 is 10.2 Å². The maximum absolute atomic E-state index is 3.29. The highest BCUT2D eigenvalue weighted by Gasteiger charge is 2.23. The maximum Gasteiger partial charge on any atom is 0.0401 e. The van der Waals surface area contributed by atoms with Crippen LogP contribution in [0.5, 0.6) is 0 Å². The summed E-state index contributed by atoms with van der Waals surface area (Å²) in [5.74, 6) is 0. The van der Waals surface area contributed by atoms with Crippen molar-refractivity contribution in [3.8, 4) is 0 Å². The molecule has 1 saturated heterocycles. The molecule has 0 spiro atoms. The first kappa shape index (κ1) is 13.4. The van der Waals surface area contributed by atoms with Gasteiger partial charge < -0.3 is 10.2 Å². The Hall–Kier alpha value is -1.02. The normalized spacial score (nSPS) is 20.2. The monoisotopic (exact) mass is 246 g/mol. The predicted molar refractivity (Wildman–Crippen MR) is 79.4 cm³/mol. The number of anilines is 1. The Labute approximate surface area is 111 Å². The van der Waals surface area contributed by atoms with E-state index in [2.05, 4.69) is 42.3 Å². The maximum atomic E-state index is 3.29. The molecule has 100 valence electrons. The summed E-state index contributed by atoms with van der Waals surface area (Å²) in [6.45, 7) is 6.76. The minimum absolute atomic E-state index is 0.715. The Bertz CT molecular complexity index is 387. The standard InChI is InChI=1S/C16H26N2/c1-13-7-8-14(2)16(12-13)18-11-5-4-6-15(18)9-10-17-3/h7-8,12,15,17H,4-6,9-11H2,1-3H3. The first-order valence-electron chi connectivity index (χ1n) is 7.21. The van der Waals surface area contributed by atoms with E-state index in [1.807, 2.05) is 7.05 Å². The topological polar surface area (TPSA) is 15.3 Å². The van der Waals surface area contributed by atoms with Crippen molar-refractivity contribution >= 4 is 5.69 Å². The lowest BCUT2D eigenvalue weighted by Crippen LogP contribution is -2.41. The smallest absolute Gasteiger partial charge is 0.0401 e. The van der Waals surface area contributed by atoms with E-state index in [1.54, 1.807) is 0 Å². The van der Waals surface area contributed by atoms with E-state index in [9.17, 15) is 0 Å². The zero-order valence-electron chi connectivity index (χ0n) is 12.0. The molecule has 0 saturated carbocycles. The summed E-state index contributed by atoms with van der Waals surface area (Å²) in [5.41, 5.74) is 4.24. The zero-order valence-corrected chi connectivity index (χ0v) is 12.0. The molecule has 0 aromatic heterocycles. The molecular weight excluding hydrogens is 220 g/mol. The third kappa shape index (κ3) is 3.05. The molecule has 18 heavy (non-hydrogen) atoms. The minimum atomic E-state index is 0.715. The van der Waals surface area contributed by atoms with E-state index in [-0.39, 0.29) is 0 Å². The molecular formula is C16H26N2. The molecule has 0 amide bonds. The van der Waals surface area contributed by atoms with Crippen LogP contribution in [0.1, 0.15) is 36.8 Å². The fourth-order valence-corrected chi connectivity index (χ4v) is 2.96. The van der Waals surface area contributed by atoms with Gasteiger partial charge in [-0.3, -0.25) is 0 Å². The molecule has 1 atom stereocenters. The Morgan fingerprint density at radius 2 is 2.11 bits per heavy atom. The van der Waals surface area contributed by atoms with E-state index < -0.39 is 0 Å². The second-order valence-electron chi connectivity index (χ2n) is 5.53. The van der Waals surface area contributed by atoms with Crippen molar-refractivity contribution in [1.82, 2.24) is 5.32 Å². The Kier molecular flexibility index (Phi) is 4.65. The largest absolute Gasteiger partial charge is 0.368 e. The molecule has 0 bridgehead atoms. The van der Waals surface area contributed by atoms with Crippen molar-refractivity contribution in [1.29, 1.82) is 0 Å². The van der Waals surface area contributed by atoms with Crippen molar-refractivity contribution in [3.05, 3.63) is 29.3 Å². The number of rotatable bonds is 4. The molecule has 0 aliphatic carbocycles. The summed E-state index contributed by atoms with van der Waals surface area (Å²) < 4.78 is 0. The van der Waals surface area contributed by atoms with Gasteiger partial charge in [0.2, 0.25) is 0 Å². The lowest BCUT2D eigenvalue weighted by molar-refractivity contribution is 0.433. The van der Waals surface area contributed by atoms with Crippen LogP contribution >= 0.6 is 0 Å². The third-order valence-corrected chi connectivity index (χ3v) is 4.03. The van der Waals surface area contributed by atoms with E-state index >= 15 is 0 Å². The molecule has 0 radical (unpaired) electrons. The van der Waals surface area contributed by atoms with Crippen LogP contribution in [0.15, 0.2) is 18.2 Å². The van der Waals surface area contributed by atoms with E-state index in [4.69, 9.17) is 0 Å². The predicted octanol–water partition coefficient (Wildman–Crippen LogP) is 3.27. The summed E-state index contributed by atoms with van der Waals surface area (Å²) in [4.78, 5) is 2.64. The summed E-state index contributed by atoms with van der Waals surface area (Å²) in [5, 5.41) is 3.29. The lowest BCUT2D eigenvalue weighted by Gasteiger charge is -2.38. The molecule has 2 rings (SSSR count). The molecule has 2 nitrogen and oxygen atoms in total. The number of nitrogens with zero attached hydrogens (tertiary/aromatic N) is 1. The van der Waals surface area contributed by atoms with Gasteiger partial charge in [0.15, 0.2) is 0 Å². The van der Waals surface area contributed by atoms with Crippen LogP contribution in [0.25, 0.3) is 0 Å². The van der Waals surface area contributed by atoms with Crippen LogP contribution in [-0.2, 0) is 0 Å². The van der Waals surface area contributed by atoms with Crippen molar-refractivity contribution in [2.45, 2.75) is 45.6 Å². The molecule has 1 unspecified atom stereocenters. The third-order valence-electron chi connectivity index (χ3n) is 4.03. The molecule has 1 aliphatic heterocycles. The van der Waals surface area contributed by atoms with Gasteiger partial charge in [-0.2, -0.15) is 0 Å². The fraction of sp³-hybridized carbons (Fsp3) is 0.625. The second-order valence-corrected chi connectivity index (χ2v) is 5.53. The Balaban J connectivity index is 2.19. The highest BCUT2D eigenvalue weighted by atomic mass is 15.2. The quantitative estimate of drug-likeness (QED) is 0.877. The summed E-state index contributed by atoms with van der Waals surface area (Å²) >= 11 is 0. The molecule has 2 heteroatoms. The average Bonchev–Trinajstić information content (AvgIpc) is 2.39. The first-order valence-corrected chi connectivity index (χ1v) is 7.21. The van der Waals surface area contributed by atoms with Crippen LogP contribution in [0.3, 0.4) is 0 Å². The summed E-state index contributed by atoms with van der Waals surface area (Å²) in [6.07, 6.45) is 5.32. The molecule has 1 aliphatic rings. The first-order chi connectivity index (χ1) is 8.72. The van der Waals surface area contributed by atoms with Crippen molar-refractivity contribution in [2.75, 3.05) is 25.0 Å². The van der Waals surface area contributed by atoms with Gasteiger partial charge in [0.05, 0.1) is 0 Å². The number of benzene rings is 1. The van der Waals surface area contributed by atoms with Gasteiger partial charge in [-0.1, -0.05) is 12.1 Å². The molecule has 1 heterocycles. The number of hydrogen-bond donors (Lipinski definition) is 1. The second kappa shape index (κ2) is 6.24. The van der Waals surface area contributed by atoms with Crippen molar-refractivity contribution in [2.24, 2.45) is 0 Å². The van der Waals surface area contributed by atoms with Gasteiger partial charge in [0, 0.05) is 18.3 Å². The molecule has 1 fully saturated rings. The Morgan fingerprint density at radius 1 is 1.28 bits per heavy atom. The Morgan fingerprint density at radius 3 is 2.89 bits per heavy atom. The zero-order chi connectivity index (χ0) is 13.0. The van der Waals surface area contributed by atoms with E-state index in [0.29, 0.717) is 6.04 Å². The minimum Gasteiger partial charge on any atom is -0.368 e. The van der Waals surface area contributed by atoms with Crippen LogP contribution in [0.2, 0.25) is 0 Å². The summed E-state index contributed by atoms with van der Waals surface area (Å²) in [7, 11) is 2.05. The van der Waals surface area contributed by atoms with Gasteiger partial charge in [-0.05, 0) is 70.3 Å². The summed E-state index contributed by atoms with van der Waals surface area (Å²) in [6, 6.07) is 7.54. The number of aryl methyl sites for hydroxylation is 2. The number of hydrogen-bond acceptors (Lipinski definition) is 2.